The number of para-hydroxylation sites is 1. The van der Waals surface area contributed by atoms with Crippen LogP contribution >= 0.6 is 0 Å². The molecule has 4 aromatic rings. The molecule has 0 bridgehead atoms. The van der Waals surface area contributed by atoms with Gasteiger partial charge >= 0.3 is 0 Å². The van der Waals surface area contributed by atoms with E-state index < -0.39 is 0 Å². The third kappa shape index (κ3) is 3.21. The Labute approximate surface area is 168 Å². The van der Waals surface area contributed by atoms with E-state index in [2.05, 4.69) is 16.0 Å². The number of anilines is 1. The van der Waals surface area contributed by atoms with Crippen LogP contribution in [0, 0.1) is 0 Å². The minimum Gasteiger partial charge on any atom is -0.440 e. The molecule has 0 aliphatic carbocycles. The molecule has 0 atom stereocenters. The molecule has 0 amide bonds. The first-order chi connectivity index (χ1) is 14.2. The van der Waals surface area contributed by atoms with Crippen molar-refractivity contribution in [3.63, 3.8) is 0 Å². The van der Waals surface area contributed by atoms with Gasteiger partial charge in [-0.2, -0.15) is 0 Å². The summed E-state index contributed by atoms with van der Waals surface area (Å²) < 4.78 is 13.7. The Balaban J connectivity index is 1.66. The van der Waals surface area contributed by atoms with Crippen molar-refractivity contribution in [1.82, 2.24) is 9.55 Å². The number of ether oxygens (including phenoxy) is 1. The summed E-state index contributed by atoms with van der Waals surface area (Å²) in [6.45, 7) is 2.70. The second-order valence-corrected chi connectivity index (χ2v) is 7.17. The second-order valence-electron chi connectivity index (χ2n) is 7.17. The fourth-order valence-electron chi connectivity index (χ4n) is 3.80. The number of nitrogens with zero attached hydrogens (tertiary/aromatic N) is 3. The van der Waals surface area contributed by atoms with Crippen molar-refractivity contribution in [2.45, 2.75) is 0 Å². The fourth-order valence-corrected chi connectivity index (χ4v) is 3.80. The summed E-state index contributed by atoms with van der Waals surface area (Å²) in [6.07, 6.45) is 3.71. The van der Waals surface area contributed by atoms with E-state index in [1.165, 1.54) is 0 Å². The van der Waals surface area contributed by atoms with Crippen molar-refractivity contribution in [1.29, 1.82) is 0 Å². The maximum absolute atomic E-state index is 12.8. The zero-order valence-corrected chi connectivity index (χ0v) is 16.2. The third-order valence-electron chi connectivity index (χ3n) is 5.32. The molecule has 0 saturated carbocycles. The van der Waals surface area contributed by atoms with Crippen LogP contribution in [0.25, 0.3) is 33.5 Å². The van der Waals surface area contributed by atoms with Gasteiger partial charge in [-0.05, 0) is 17.7 Å². The van der Waals surface area contributed by atoms with Gasteiger partial charge in [0.15, 0.2) is 11.3 Å². The number of benzene rings is 2. The number of rotatable bonds is 3. The predicted molar refractivity (Wildman–Crippen MR) is 113 cm³/mol. The minimum atomic E-state index is -0.0325. The van der Waals surface area contributed by atoms with Crippen LogP contribution in [0.2, 0.25) is 0 Å². The molecule has 146 valence electrons. The van der Waals surface area contributed by atoms with Crippen molar-refractivity contribution >= 4 is 16.9 Å². The molecule has 1 fully saturated rings. The number of hydrogen-bond donors (Lipinski definition) is 0. The Morgan fingerprint density at radius 1 is 1.00 bits per heavy atom. The van der Waals surface area contributed by atoms with Crippen molar-refractivity contribution in [2.75, 3.05) is 31.2 Å². The highest BCUT2D eigenvalue weighted by Crippen LogP contribution is 2.32. The Hall–Kier alpha value is -3.38. The average Bonchev–Trinajstić information content (AvgIpc) is 3.20. The van der Waals surface area contributed by atoms with Gasteiger partial charge < -0.3 is 18.6 Å². The lowest BCUT2D eigenvalue weighted by Crippen LogP contribution is -2.36. The molecule has 29 heavy (non-hydrogen) atoms. The zero-order chi connectivity index (χ0) is 19.8. The van der Waals surface area contributed by atoms with E-state index in [0.29, 0.717) is 43.2 Å². The number of hydrogen-bond acceptors (Lipinski definition) is 5. The molecule has 2 aromatic heterocycles. The number of imidazole rings is 1. The highest BCUT2D eigenvalue weighted by Gasteiger charge is 2.17. The van der Waals surface area contributed by atoms with Gasteiger partial charge in [0.1, 0.15) is 11.4 Å². The first-order valence-electron chi connectivity index (χ1n) is 9.68. The molecule has 2 aromatic carbocycles. The molecule has 0 N–H and O–H groups in total. The second kappa shape index (κ2) is 7.22. The van der Waals surface area contributed by atoms with Crippen molar-refractivity contribution in [2.24, 2.45) is 7.05 Å². The monoisotopic (exact) mass is 387 g/mol. The highest BCUT2D eigenvalue weighted by atomic mass is 16.5. The molecule has 1 saturated heterocycles. The Kier molecular flexibility index (Phi) is 4.41. The van der Waals surface area contributed by atoms with Crippen LogP contribution < -0.4 is 10.3 Å². The summed E-state index contributed by atoms with van der Waals surface area (Å²) in [7, 11) is 1.97. The molecule has 5 rings (SSSR count). The van der Waals surface area contributed by atoms with E-state index in [1.54, 1.807) is 12.3 Å². The van der Waals surface area contributed by atoms with Crippen LogP contribution in [0.1, 0.15) is 0 Å². The quantitative estimate of drug-likeness (QED) is 0.536. The first kappa shape index (κ1) is 17.7. The molecule has 1 aliphatic rings. The van der Waals surface area contributed by atoms with E-state index in [1.807, 2.05) is 54.2 Å². The molecule has 1 aliphatic heterocycles. The SMILES string of the molecule is Cn1ccnc1-c1cccc(-c2cccc3c(=O)cc(N4CCOCC4)oc23)c1. The summed E-state index contributed by atoms with van der Waals surface area (Å²) in [4.78, 5) is 19.3. The van der Waals surface area contributed by atoms with Crippen LogP contribution in [0.15, 0.2) is 70.1 Å². The molecule has 6 nitrogen and oxygen atoms in total. The van der Waals surface area contributed by atoms with E-state index in [-0.39, 0.29) is 5.43 Å². The van der Waals surface area contributed by atoms with Gasteiger partial charge in [-0.3, -0.25) is 4.79 Å². The van der Waals surface area contributed by atoms with Crippen molar-refractivity contribution < 1.29 is 9.15 Å². The van der Waals surface area contributed by atoms with Crippen LogP contribution in [0.5, 0.6) is 0 Å². The normalized spacial score (nSPS) is 14.4. The highest BCUT2D eigenvalue weighted by molar-refractivity contribution is 5.93. The molecular formula is C23H21N3O3. The Morgan fingerprint density at radius 2 is 1.79 bits per heavy atom. The lowest BCUT2D eigenvalue weighted by atomic mass is 10.0. The summed E-state index contributed by atoms with van der Waals surface area (Å²) >= 11 is 0. The molecule has 0 spiro atoms. The summed E-state index contributed by atoms with van der Waals surface area (Å²) in [6, 6.07) is 15.4. The van der Waals surface area contributed by atoms with Crippen molar-refractivity contribution in [3.8, 4) is 22.5 Å². The van der Waals surface area contributed by atoms with Gasteiger partial charge in [-0.1, -0.05) is 30.3 Å². The summed E-state index contributed by atoms with van der Waals surface area (Å²) in [5, 5.41) is 0.585. The topological polar surface area (TPSA) is 60.5 Å². The zero-order valence-electron chi connectivity index (χ0n) is 16.2. The minimum absolute atomic E-state index is 0.0325. The number of morpholine rings is 1. The van der Waals surface area contributed by atoms with Gasteiger partial charge in [-0.25, -0.2) is 4.98 Å². The first-order valence-corrected chi connectivity index (χ1v) is 9.68. The van der Waals surface area contributed by atoms with Gasteiger partial charge in [0, 0.05) is 49.7 Å². The molecular weight excluding hydrogens is 366 g/mol. The summed E-state index contributed by atoms with van der Waals surface area (Å²) in [5.74, 6) is 1.49. The third-order valence-corrected chi connectivity index (χ3v) is 5.32. The average molecular weight is 387 g/mol. The van der Waals surface area contributed by atoms with E-state index in [4.69, 9.17) is 9.15 Å². The molecule has 0 radical (unpaired) electrons. The van der Waals surface area contributed by atoms with Gasteiger partial charge in [0.25, 0.3) is 0 Å². The Bertz CT molecular complexity index is 1240. The standard InChI is InChI=1S/C23H21N3O3/c1-25-9-8-24-23(25)17-5-2-4-16(14-17)18-6-3-7-19-20(27)15-21(29-22(18)19)26-10-12-28-13-11-26/h2-9,14-15H,10-13H2,1H3. The number of fused-ring (bicyclic) bond motifs is 1. The maximum Gasteiger partial charge on any atom is 0.200 e. The molecule has 3 heterocycles. The lowest BCUT2D eigenvalue weighted by molar-refractivity contribution is 0.121. The van der Waals surface area contributed by atoms with Gasteiger partial charge in [0.2, 0.25) is 0 Å². The van der Waals surface area contributed by atoms with E-state index in [9.17, 15) is 4.79 Å². The predicted octanol–water partition coefficient (Wildman–Crippen LogP) is 3.70. The smallest absolute Gasteiger partial charge is 0.200 e. The van der Waals surface area contributed by atoms with Gasteiger partial charge in [-0.15, -0.1) is 0 Å². The van der Waals surface area contributed by atoms with Crippen LogP contribution in [0.4, 0.5) is 5.88 Å². The van der Waals surface area contributed by atoms with Crippen LogP contribution in [0.3, 0.4) is 0 Å². The van der Waals surface area contributed by atoms with E-state index >= 15 is 0 Å². The Morgan fingerprint density at radius 3 is 2.59 bits per heavy atom. The fraction of sp³-hybridized carbons (Fsp3) is 0.217. The van der Waals surface area contributed by atoms with Crippen LogP contribution in [-0.4, -0.2) is 35.9 Å². The summed E-state index contributed by atoms with van der Waals surface area (Å²) in [5.41, 5.74) is 3.47. The maximum atomic E-state index is 12.8. The van der Waals surface area contributed by atoms with Gasteiger partial charge in [0.05, 0.1) is 18.6 Å². The molecule has 0 unspecified atom stereocenters. The lowest BCUT2D eigenvalue weighted by Gasteiger charge is -2.27. The van der Waals surface area contributed by atoms with Crippen LogP contribution in [-0.2, 0) is 11.8 Å². The number of aryl methyl sites for hydroxylation is 1. The van der Waals surface area contributed by atoms with E-state index in [0.717, 1.165) is 22.5 Å². The van der Waals surface area contributed by atoms with Crippen molar-refractivity contribution in [3.05, 3.63) is 71.1 Å². The largest absolute Gasteiger partial charge is 0.440 e. The molecule has 6 heteroatoms. The number of aromatic nitrogens is 2.